The Balaban J connectivity index is 2.16. The van der Waals surface area contributed by atoms with Crippen LogP contribution in [0.1, 0.15) is 19.4 Å². The summed E-state index contributed by atoms with van der Waals surface area (Å²) in [4.78, 5) is 22.9. The van der Waals surface area contributed by atoms with Gasteiger partial charge in [-0.05, 0) is 30.7 Å². The van der Waals surface area contributed by atoms with E-state index in [1.165, 1.54) is 6.21 Å². The van der Waals surface area contributed by atoms with Gasteiger partial charge in [0.2, 0.25) is 0 Å². The van der Waals surface area contributed by atoms with Crippen LogP contribution >= 0.6 is 0 Å². The summed E-state index contributed by atoms with van der Waals surface area (Å²) < 4.78 is 0. The van der Waals surface area contributed by atoms with Crippen molar-refractivity contribution >= 4 is 28.8 Å². The number of benzene rings is 2. The molecule has 0 radical (unpaired) electrons. The van der Waals surface area contributed by atoms with E-state index in [1.807, 2.05) is 24.3 Å². The van der Waals surface area contributed by atoms with Gasteiger partial charge >= 0.3 is 11.8 Å². The number of aromatic hydroxyl groups is 1. The fourth-order valence-corrected chi connectivity index (χ4v) is 1.95. The Labute approximate surface area is 127 Å². The van der Waals surface area contributed by atoms with Gasteiger partial charge in [-0.3, -0.25) is 9.59 Å². The van der Waals surface area contributed by atoms with E-state index in [4.69, 9.17) is 0 Å². The van der Waals surface area contributed by atoms with Gasteiger partial charge in [0.05, 0.1) is 6.21 Å². The number of hydrogen-bond donors (Lipinski definition) is 3. The van der Waals surface area contributed by atoms with Crippen LogP contribution in [-0.4, -0.2) is 29.2 Å². The van der Waals surface area contributed by atoms with Gasteiger partial charge < -0.3 is 10.4 Å². The van der Waals surface area contributed by atoms with E-state index in [0.717, 1.165) is 10.8 Å². The number of nitrogens with zero attached hydrogens (tertiary/aromatic N) is 1. The molecule has 0 saturated carbocycles. The van der Waals surface area contributed by atoms with E-state index in [9.17, 15) is 14.7 Å². The van der Waals surface area contributed by atoms with Gasteiger partial charge in [-0.2, -0.15) is 5.10 Å². The van der Waals surface area contributed by atoms with Crippen LogP contribution in [0.15, 0.2) is 41.5 Å². The van der Waals surface area contributed by atoms with Crippen molar-refractivity contribution in [1.82, 2.24) is 10.7 Å². The number of nitrogens with one attached hydrogen (secondary N) is 2. The Morgan fingerprint density at radius 2 is 1.86 bits per heavy atom. The lowest BCUT2D eigenvalue weighted by atomic mass is 10.0. The van der Waals surface area contributed by atoms with Crippen molar-refractivity contribution in [1.29, 1.82) is 0 Å². The number of phenols is 1. The number of hydrazone groups is 1. The lowest BCUT2D eigenvalue weighted by Crippen LogP contribution is -2.41. The average Bonchev–Trinajstić information content (AvgIpc) is 2.48. The fraction of sp³-hybridized carbons (Fsp3) is 0.188. The highest BCUT2D eigenvalue weighted by Crippen LogP contribution is 2.25. The normalized spacial score (nSPS) is 11.0. The highest BCUT2D eigenvalue weighted by atomic mass is 16.3. The Kier molecular flexibility index (Phi) is 4.73. The van der Waals surface area contributed by atoms with Crippen LogP contribution in [0.2, 0.25) is 0 Å². The average molecular weight is 299 g/mol. The molecule has 2 rings (SSSR count). The van der Waals surface area contributed by atoms with Crippen LogP contribution in [-0.2, 0) is 9.59 Å². The molecule has 0 saturated heterocycles. The molecule has 0 fully saturated rings. The van der Waals surface area contributed by atoms with E-state index in [0.29, 0.717) is 5.56 Å². The van der Waals surface area contributed by atoms with Crippen molar-refractivity contribution in [3.8, 4) is 5.75 Å². The summed E-state index contributed by atoms with van der Waals surface area (Å²) in [5.41, 5.74) is 2.61. The lowest BCUT2D eigenvalue weighted by Gasteiger charge is -2.07. The van der Waals surface area contributed by atoms with Gasteiger partial charge in [0.15, 0.2) is 0 Å². The summed E-state index contributed by atoms with van der Waals surface area (Å²) in [5, 5.41) is 17.8. The maximum Gasteiger partial charge on any atom is 0.329 e. The van der Waals surface area contributed by atoms with Crippen LogP contribution in [0.4, 0.5) is 0 Å². The Morgan fingerprint density at radius 1 is 1.14 bits per heavy atom. The van der Waals surface area contributed by atoms with Gasteiger partial charge in [-0.1, -0.05) is 30.3 Å². The van der Waals surface area contributed by atoms with E-state index >= 15 is 0 Å². The second-order valence-corrected chi connectivity index (χ2v) is 5.05. The minimum Gasteiger partial charge on any atom is -0.507 e. The largest absolute Gasteiger partial charge is 0.507 e. The highest BCUT2D eigenvalue weighted by Gasteiger charge is 2.13. The first-order valence-corrected chi connectivity index (χ1v) is 6.83. The van der Waals surface area contributed by atoms with Crippen LogP contribution in [0, 0.1) is 0 Å². The third kappa shape index (κ3) is 3.60. The maximum atomic E-state index is 11.5. The minimum absolute atomic E-state index is 0.0448. The first-order valence-electron chi connectivity index (χ1n) is 6.83. The first kappa shape index (κ1) is 15.5. The summed E-state index contributed by atoms with van der Waals surface area (Å²) in [6, 6.07) is 10.7. The molecule has 0 aliphatic heterocycles. The molecule has 0 aliphatic carbocycles. The number of fused-ring (bicyclic) bond motifs is 1. The molecule has 2 aromatic rings. The van der Waals surface area contributed by atoms with E-state index in [-0.39, 0.29) is 11.8 Å². The first-order chi connectivity index (χ1) is 10.5. The molecule has 0 unspecified atom stereocenters. The number of rotatable bonds is 3. The molecule has 0 bridgehead atoms. The number of carbonyl (C=O) groups is 2. The molecule has 114 valence electrons. The van der Waals surface area contributed by atoms with Gasteiger partial charge in [0, 0.05) is 11.6 Å². The third-order valence-corrected chi connectivity index (χ3v) is 2.93. The second-order valence-electron chi connectivity index (χ2n) is 5.05. The van der Waals surface area contributed by atoms with Crippen LogP contribution in [0.3, 0.4) is 0 Å². The van der Waals surface area contributed by atoms with Crippen molar-refractivity contribution in [2.45, 2.75) is 19.9 Å². The summed E-state index contributed by atoms with van der Waals surface area (Å²) >= 11 is 0. The molecule has 6 nitrogen and oxygen atoms in total. The van der Waals surface area contributed by atoms with Crippen molar-refractivity contribution in [2.75, 3.05) is 0 Å². The number of amides is 2. The summed E-state index contributed by atoms with van der Waals surface area (Å²) in [7, 11) is 0. The SMILES string of the molecule is CC(C)NC(=O)C(=O)N/N=C\c1c(O)ccc2ccccc12. The quantitative estimate of drug-likeness (QED) is 0.456. The summed E-state index contributed by atoms with van der Waals surface area (Å²) in [6.45, 7) is 3.51. The zero-order valence-electron chi connectivity index (χ0n) is 12.3. The molecule has 0 spiro atoms. The molecule has 0 aliphatic rings. The van der Waals surface area contributed by atoms with Gasteiger partial charge in [-0.15, -0.1) is 0 Å². The molecule has 22 heavy (non-hydrogen) atoms. The molecule has 0 heterocycles. The smallest absolute Gasteiger partial charge is 0.329 e. The van der Waals surface area contributed by atoms with Crippen molar-refractivity contribution < 1.29 is 14.7 Å². The summed E-state index contributed by atoms with van der Waals surface area (Å²) in [5.74, 6) is -1.57. The van der Waals surface area contributed by atoms with Gasteiger partial charge in [-0.25, -0.2) is 5.43 Å². The minimum atomic E-state index is -0.857. The zero-order valence-corrected chi connectivity index (χ0v) is 12.3. The van der Waals surface area contributed by atoms with Crippen LogP contribution < -0.4 is 10.7 Å². The third-order valence-electron chi connectivity index (χ3n) is 2.93. The fourth-order valence-electron chi connectivity index (χ4n) is 1.95. The van der Waals surface area contributed by atoms with Crippen molar-refractivity contribution in [2.24, 2.45) is 5.10 Å². The van der Waals surface area contributed by atoms with E-state index in [2.05, 4.69) is 15.8 Å². The molecule has 3 N–H and O–H groups in total. The number of hydrogen-bond acceptors (Lipinski definition) is 4. The van der Waals surface area contributed by atoms with Gasteiger partial charge in [0.25, 0.3) is 0 Å². The number of carbonyl (C=O) groups excluding carboxylic acids is 2. The Bertz CT molecular complexity index is 738. The monoisotopic (exact) mass is 299 g/mol. The zero-order chi connectivity index (χ0) is 16.1. The maximum absolute atomic E-state index is 11.5. The van der Waals surface area contributed by atoms with Crippen LogP contribution in [0.25, 0.3) is 10.8 Å². The number of phenolic OH excluding ortho intramolecular Hbond substituents is 1. The van der Waals surface area contributed by atoms with Crippen LogP contribution in [0.5, 0.6) is 5.75 Å². The van der Waals surface area contributed by atoms with Crippen molar-refractivity contribution in [3.63, 3.8) is 0 Å². The topological polar surface area (TPSA) is 90.8 Å². The molecule has 6 heteroatoms. The molecule has 0 atom stereocenters. The van der Waals surface area contributed by atoms with E-state index in [1.54, 1.807) is 26.0 Å². The predicted molar refractivity (Wildman–Crippen MR) is 84.6 cm³/mol. The summed E-state index contributed by atoms with van der Waals surface area (Å²) in [6.07, 6.45) is 1.32. The second kappa shape index (κ2) is 6.71. The van der Waals surface area contributed by atoms with Gasteiger partial charge in [0.1, 0.15) is 5.75 Å². The van der Waals surface area contributed by atoms with Crippen molar-refractivity contribution in [3.05, 3.63) is 42.0 Å². The molecule has 0 aromatic heterocycles. The van der Waals surface area contributed by atoms with E-state index < -0.39 is 11.8 Å². The Hall–Kier alpha value is -2.89. The molecular formula is C16H17N3O3. The molecule has 2 aromatic carbocycles. The predicted octanol–water partition coefficient (Wildman–Crippen LogP) is 1.52. The molecular weight excluding hydrogens is 282 g/mol. The lowest BCUT2D eigenvalue weighted by molar-refractivity contribution is -0.139. The Morgan fingerprint density at radius 3 is 2.59 bits per heavy atom. The standard InChI is InChI=1S/C16H17N3O3/c1-10(2)18-15(21)16(22)19-17-9-13-12-6-4-3-5-11(12)7-8-14(13)20/h3-10,20H,1-2H3,(H,18,21)(H,19,22)/b17-9-. The highest BCUT2D eigenvalue weighted by molar-refractivity contribution is 6.35. The molecule has 2 amide bonds.